The van der Waals surface area contributed by atoms with Gasteiger partial charge in [0.25, 0.3) is 5.91 Å². The Labute approximate surface area is 183 Å². The van der Waals surface area contributed by atoms with Crippen molar-refractivity contribution in [3.63, 3.8) is 0 Å². The molecule has 3 N–H and O–H groups in total. The lowest BCUT2D eigenvalue weighted by atomic mass is 9.97. The third-order valence-corrected chi connectivity index (χ3v) is 5.74. The van der Waals surface area contributed by atoms with Crippen molar-refractivity contribution in [2.45, 2.75) is 12.5 Å². The van der Waals surface area contributed by atoms with Crippen LogP contribution in [0.2, 0.25) is 0 Å². The van der Waals surface area contributed by atoms with Crippen molar-refractivity contribution in [1.29, 1.82) is 5.41 Å². The number of nitrogens with one attached hydrogen (secondary N) is 2. The lowest BCUT2D eigenvalue weighted by Crippen LogP contribution is -2.29. The molecule has 0 saturated heterocycles. The molecule has 8 heteroatoms. The molecule has 0 fully saturated rings. The molecule has 1 atom stereocenters. The predicted molar refractivity (Wildman–Crippen MR) is 119 cm³/mol. The van der Waals surface area contributed by atoms with Gasteiger partial charge < -0.3 is 15.8 Å². The molecule has 1 aromatic carbocycles. The molecule has 0 radical (unpaired) electrons. The highest BCUT2D eigenvalue weighted by Crippen LogP contribution is 2.29. The zero-order chi connectivity index (χ0) is 21.6. The van der Waals surface area contributed by atoms with Crippen molar-refractivity contribution in [3.05, 3.63) is 95.5 Å². The number of aromatic nitrogens is 3. The number of carbonyl (C=O) groups excluding carboxylic acids is 1. The molecule has 3 aromatic heterocycles. The fourth-order valence-corrected chi connectivity index (χ4v) is 3.95. The van der Waals surface area contributed by atoms with Crippen LogP contribution in [-0.4, -0.2) is 31.7 Å². The largest absolute Gasteiger partial charge is 0.508 e. The van der Waals surface area contributed by atoms with Crippen LogP contribution >= 0.6 is 11.3 Å². The molecule has 4 aromatic rings. The van der Waals surface area contributed by atoms with Crippen LogP contribution in [0.4, 0.5) is 0 Å². The molecule has 154 valence electrons. The van der Waals surface area contributed by atoms with Gasteiger partial charge in [0.15, 0.2) is 0 Å². The molecule has 0 bridgehead atoms. The van der Waals surface area contributed by atoms with Gasteiger partial charge in [-0.25, -0.2) is 4.98 Å². The Morgan fingerprint density at radius 3 is 2.58 bits per heavy atom. The molecule has 7 nitrogen and oxygen atoms in total. The Morgan fingerprint density at radius 1 is 1.03 bits per heavy atom. The van der Waals surface area contributed by atoms with Crippen molar-refractivity contribution in [1.82, 2.24) is 20.3 Å². The number of rotatable bonds is 7. The van der Waals surface area contributed by atoms with Crippen LogP contribution in [-0.2, 0) is 0 Å². The summed E-state index contributed by atoms with van der Waals surface area (Å²) in [4.78, 5) is 25.8. The number of hydrogen-bond acceptors (Lipinski definition) is 7. The lowest BCUT2D eigenvalue weighted by Gasteiger charge is -2.20. The number of aromatic hydroxyl groups is 1. The van der Waals surface area contributed by atoms with Crippen molar-refractivity contribution in [3.8, 4) is 16.3 Å². The van der Waals surface area contributed by atoms with Gasteiger partial charge in [0.05, 0.1) is 12.2 Å². The van der Waals surface area contributed by atoms with Crippen molar-refractivity contribution >= 4 is 23.0 Å². The van der Waals surface area contributed by atoms with E-state index in [-0.39, 0.29) is 18.1 Å². The standard InChI is InChI=1S/C23H19N5O2S/c24-18(16-4-3-9-26-13-16)12-19(17-5-1-2-6-20(17)29)28-22(30)21-14-27-23(31-21)15-7-10-25-11-8-15/h1-11,13-14,19,24,29H,12H2,(H,28,30). The summed E-state index contributed by atoms with van der Waals surface area (Å²) >= 11 is 1.27. The summed E-state index contributed by atoms with van der Waals surface area (Å²) in [5, 5.41) is 22.5. The van der Waals surface area contributed by atoms with Crippen molar-refractivity contribution in [2.24, 2.45) is 0 Å². The van der Waals surface area contributed by atoms with Gasteiger partial charge in [0.2, 0.25) is 0 Å². The van der Waals surface area contributed by atoms with Crippen LogP contribution in [0, 0.1) is 5.41 Å². The summed E-state index contributed by atoms with van der Waals surface area (Å²) < 4.78 is 0. The van der Waals surface area contributed by atoms with Gasteiger partial charge in [-0.3, -0.25) is 14.8 Å². The number of nitrogens with zero attached hydrogens (tertiary/aromatic N) is 3. The molecule has 0 spiro atoms. The summed E-state index contributed by atoms with van der Waals surface area (Å²) in [7, 11) is 0. The Kier molecular flexibility index (Phi) is 6.09. The number of thiazole rings is 1. The van der Waals surface area contributed by atoms with E-state index >= 15 is 0 Å². The van der Waals surface area contributed by atoms with Crippen LogP contribution in [0.25, 0.3) is 10.6 Å². The average Bonchev–Trinajstić information content (AvgIpc) is 3.31. The van der Waals surface area contributed by atoms with Crippen LogP contribution < -0.4 is 5.32 Å². The summed E-state index contributed by atoms with van der Waals surface area (Å²) in [6, 6.07) is 13.4. The number of phenolic OH excluding ortho intramolecular Hbond substituents is 1. The van der Waals surface area contributed by atoms with Crippen molar-refractivity contribution in [2.75, 3.05) is 0 Å². The fourth-order valence-electron chi connectivity index (χ4n) is 3.12. The number of benzene rings is 1. The summed E-state index contributed by atoms with van der Waals surface area (Å²) in [5.74, 6) is -0.251. The monoisotopic (exact) mass is 429 g/mol. The smallest absolute Gasteiger partial charge is 0.263 e. The van der Waals surface area contributed by atoms with E-state index in [1.165, 1.54) is 17.5 Å². The first-order chi connectivity index (χ1) is 15.1. The Morgan fingerprint density at radius 2 is 1.84 bits per heavy atom. The average molecular weight is 430 g/mol. The van der Waals surface area contributed by atoms with E-state index in [1.807, 2.05) is 12.1 Å². The minimum absolute atomic E-state index is 0.0635. The maximum absolute atomic E-state index is 13.0. The van der Waals surface area contributed by atoms with Gasteiger partial charge >= 0.3 is 0 Å². The Balaban J connectivity index is 1.57. The van der Waals surface area contributed by atoms with E-state index in [1.54, 1.807) is 61.2 Å². The molecule has 3 heterocycles. The second-order valence-corrected chi connectivity index (χ2v) is 7.81. The first kappa shape index (κ1) is 20.4. The predicted octanol–water partition coefficient (Wildman–Crippen LogP) is 4.23. The number of carbonyl (C=O) groups is 1. The summed E-state index contributed by atoms with van der Waals surface area (Å²) in [6.45, 7) is 0. The molecule has 0 saturated carbocycles. The molecular formula is C23H19N5O2S. The Bertz CT molecular complexity index is 1190. The quantitative estimate of drug-likeness (QED) is 0.381. The lowest BCUT2D eigenvalue weighted by molar-refractivity contribution is 0.0941. The molecular weight excluding hydrogens is 410 g/mol. The Hall–Kier alpha value is -3.91. The van der Waals surface area contributed by atoms with Crippen LogP contribution in [0.1, 0.15) is 33.3 Å². The molecule has 4 rings (SSSR count). The first-order valence-electron chi connectivity index (χ1n) is 9.54. The highest BCUT2D eigenvalue weighted by atomic mass is 32.1. The van der Waals surface area contributed by atoms with Gasteiger partial charge in [0.1, 0.15) is 15.6 Å². The van der Waals surface area contributed by atoms with E-state index in [9.17, 15) is 9.90 Å². The van der Waals surface area contributed by atoms with E-state index < -0.39 is 6.04 Å². The van der Waals surface area contributed by atoms with Crippen LogP contribution in [0.5, 0.6) is 5.75 Å². The van der Waals surface area contributed by atoms with Gasteiger partial charge in [-0.2, -0.15) is 0 Å². The van der Waals surface area contributed by atoms with E-state index in [0.29, 0.717) is 21.7 Å². The number of amides is 1. The highest BCUT2D eigenvalue weighted by Gasteiger charge is 2.22. The minimum Gasteiger partial charge on any atom is -0.508 e. The van der Waals surface area contributed by atoms with E-state index in [2.05, 4.69) is 20.3 Å². The van der Waals surface area contributed by atoms with E-state index in [0.717, 1.165) is 10.6 Å². The number of para-hydroxylation sites is 1. The van der Waals surface area contributed by atoms with Gasteiger partial charge in [-0.1, -0.05) is 24.3 Å². The molecule has 31 heavy (non-hydrogen) atoms. The number of pyridine rings is 2. The first-order valence-corrected chi connectivity index (χ1v) is 10.4. The van der Waals surface area contributed by atoms with Crippen molar-refractivity contribution < 1.29 is 9.90 Å². The number of hydrogen-bond donors (Lipinski definition) is 3. The molecule has 0 aliphatic rings. The van der Waals surface area contributed by atoms with E-state index in [4.69, 9.17) is 5.41 Å². The zero-order valence-electron chi connectivity index (χ0n) is 16.4. The maximum Gasteiger partial charge on any atom is 0.263 e. The third-order valence-electron chi connectivity index (χ3n) is 4.69. The zero-order valence-corrected chi connectivity index (χ0v) is 17.2. The van der Waals surface area contributed by atoms with Gasteiger partial charge in [0, 0.05) is 53.6 Å². The molecule has 1 unspecified atom stereocenters. The number of phenols is 1. The summed E-state index contributed by atoms with van der Waals surface area (Å²) in [5.41, 5.74) is 2.40. The maximum atomic E-state index is 13.0. The normalized spacial score (nSPS) is 11.6. The molecule has 0 aliphatic carbocycles. The summed E-state index contributed by atoms with van der Waals surface area (Å²) in [6.07, 6.45) is 8.33. The topological polar surface area (TPSA) is 112 Å². The fraction of sp³-hybridized carbons (Fsp3) is 0.0870. The third kappa shape index (κ3) is 4.81. The minimum atomic E-state index is -0.590. The van der Waals surface area contributed by atoms with Gasteiger partial charge in [-0.15, -0.1) is 11.3 Å². The highest BCUT2D eigenvalue weighted by molar-refractivity contribution is 7.16. The molecule has 0 aliphatic heterocycles. The second kappa shape index (κ2) is 9.27. The van der Waals surface area contributed by atoms with Crippen LogP contribution in [0.3, 0.4) is 0 Å². The van der Waals surface area contributed by atoms with Crippen LogP contribution in [0.15, 0.2) is 79.5 Å². The van der Waals surface area contributed by atoms with Gasteiger partial charge in [-0.05, 0) is 24.3 Å². The molecule has 1 amide bonds. The SMILES string of the molecule is N=C(CC(NC(=O)c1cnc(-c2ccncc2)s1)c1ccccc1O)c1cccnc1. The second-order valence-electron chi connectivity index (χ2n) is 6.77.